The van der Waals surface area contributed by atoms with Crippen LogP contribution in [0.1, 0.15) is 22.1 Å². The zero-order valence-electron chi connectivity index (χ0n) is 19.1. The summed E-state index contributed by atoms with van der Waals surface area (Å²) >= 11 is 5.28. The van der Waals surface area contributed by atoms with Gasteiger partial charge in [-0.15, -0.1) is 23.1 Å². The maximum absolute atomic E-state index is 13.6. The number of carbonyl (C=O) groups is 3. The first kappa shape index (κ1) is 25.0. The Labute approximate surface area is 231 Å². The van der Waals surface area contributed by atoms with Gasteiger partial charge < -0.3 is 10.1 Å². The number of fused-ring (bicyclic) bond motifs is 1. The molecular formula is C27H23IN2O4S2. The molecule has 0 bridgehead atoms. The van der Waals surface area contributed by atoms with Gasteiger partial charge >= 0.3 is 5.97 Å². The number of hydrogen-bond donors (Lipinski definition) is 1. The van der Waals surface area contributed by atoms with Gasteiger partial charge in [0.05, 0.1) is 6.42 Å². The summed E-state index contributed by atoms with van der Waals surface area (Å²) in [5, 5.41) is 4.46. The van der Waals surface area contributed by atoms with E-state index in [1.165, 1.54) is 16.2 Å². The Morgan fingerprint density at radius 2 is 1.69 bits per heavy atom. The van der Waals surface area contributed by atoms with Gasteiger partial charge in [-0.3, -0.25) is 14.5 Å². The molecule has 3 aromatic rings. The number of alkyl halides is 1. The second-order valence-corrected chi connectivity index (χ2v) is 11.3. The molecule has 184 valence electrons. The third-order valence-electron chi connectivity index (χ3n) is 6.06. The lowest BCUT2D eigenvalue weighted by molar-refractivity contribution is -0.154. The molecule has 3 heterocycles. The van der Waals surface area contributed by atoms with Crippen LogP contribution in [0.25, 0.3) is 0 Å². The van der Waals surface area contributed by atoms with Crippen LogP contribution in [0.4, 0.5) is 0 Å². The monoisotopic (exact) mass is 630 g/mol. The number of nitrogens with one attached hydrogen (secondary N) is 1. The summed E-state index contributed by atoms with van der Waals surface area (Å²) in [6.45, 7) is 0. The van der Waals surface area contributed by atoms with Crippen molar-refractivity contribution >= 4 is 63.5 Å². The number of β-lactam (4-membered cyclic amide) rings is 1. The van der Waals surface area contributed by atoms with Crippen molar-refractivity contribution in [2.45, 2.75) is 23.9 Å². The molecule has 1 saturated heterocycles. The van der Waals surface area contributed by atoms with E-state index in [1.807, 2.05) is 78.2 Å². The topological polar surface area (TPSA) is 75.7 Å². The molecule has 2 aliphatic rings. The van der Waals surface area contributed by atoms with E-state index < -0.39 is 18.1 Å². The van der Waals surface area contributed by atoms with Crippen LogP contribution in [-0.2, 0) is 25.5 Å². The number of thiophene rings is 1. The van der Waals surface area contributed by atoms with E-state index in [2.05, 4.69) is 27.9 Å². The summed E-state index contributed by atoms with van der Waals surface area (Å²) in [6, 6.07) is 22.3. The fourth-order valence-corrected chi connectivity index (χ4v) is 7.36. The number of ether oxygens (including phenoxy) is 1. The Bertz CT molecular complexity index is 1240. The molecule has 0 radical (unpaired) electrons. The summed E-state index contributed by atoms with van der Waals surface area (Å²) in [5.74, 6) is -0.407. The van der Waals surface area contributed by atoms with E-state index in [-0.39, 0.29) is 23.6 Å². The number of hydrogen-bond acceptors (Lipinski definition) is 6. The second-order valence-electron chi connectivity index (χ2n) is 8.40. The van der Waals surface area contributed by atoms with Crippen molar-refractivity contribution < 1.29 is 19.1 Å². The number of nitrogens with zero attached hydrogens (tertiary/aromatic N) is 1. The smallest absolute Gasteiger partial charge is 0.356 e. The van der Waals surface area contributed by atoms with Gasteiger partial charge in [0.25, 0.3) is 5.91 Å². The predicted molar refractivity (Wildman–Crippen MR) is 150 cm³/mol. The second kappa shape index (κ2) is 11.2. The van der Waals surface area contributed by atoms with Crippen LogP contribution in [0.3, 0.4) is 0 Å². The number of carbonyl (C=O) groups excluding carboxylic acids is 3. The molecular weight excluding hydrogens is 607 g/mol. The van der Waals surface area contributed by atoms with Gasteiger partial charge in [0, 0.05) is 15.1 Å². The lowest BCUT2D eigenvalue weighted by Crippen LogP contribution is -2.70. The Kier molecular flexibility index (Phi) is 7.78. The molecule has 1 N–H and O–H groups in total. The number of amides is 2. The maximum Gasteiger partial charge on any atom is 0.356 e. The highest BCUT2D eigenvalue weighted by Gasteiger charge is 2.54. The lowest BCUT2D eigenvalue weighted by Gasteiger charge is -2.49. The predicted octanol–water partition coefficient (Wildman–Crippen LogP) is 4.71. The van der Waals surface area contributed by atoms with Crippen molar-refractivity contribution in [3.63, 3.8) is 0 Å². The average Bonchev–Trinajstić information content (AvgIpc) is 3.43. The first-order chi connectivity index (χ1) is 17.6. The highest BCUT2D eigenvalue weighted by molar-refractivity contribution is 14.1. The molecule has 1 aromatic heterocycles. The van der Waals surface area contributed by atoms with Crippen molar-refractivity contribution in [2.24, 2.45) is 0 Å². The number of rotatable bonds is 8. The summed E-state index contributed by atoms with van der Waals surface area (Å²) in [5.41, 5.74) is 2.87. The van der Waals surface area contributed by atoms with E-state index >= 15 is 0 Å². The van der Waals surface area contributed by atoms with Gasteiger partial charge in [-0.1, -0.05) is 89.3 Å². The van der Waals surface area contributed by atoms with E-state index in [9.17, 15) is 14.4 Å². The molecule has 1 fully saturated rings. The minimum absolute atomic E-state index is 0.197. The van der Waals surface area contributed by atoms with Crippen molar-refractivity contribution in [3.05, 3.63) is 105 Å². The molecule has 9 heteroatoms. The lowest BCUT2D eigenvalue weighted by atomic mass is 10.0. The SMILES string of the molecule is O=C(Cc1cccs1)N[C@@H]1C(=O)N2C(C(=O)OC(c3ccccc3)c3ccccc3)=C(CI)CS[C@H]12. The van der Waals surface area contributed by atoms with Gasteiger partial charge in [-0.25, -0.2) is 4.79 Å². The van der Waals surface area contributed by atoms with Gasteiger partial charge in [-0.05, 0) is 28.1 Å². The van der Waals surface area contributed by atoms with Crippen LogP contribution in [0, 0.1) is 0 Å². The van der Waals surface area contributed by atoms with Gasteiger partial charge in [0.2, 0.25) is 5.91 Å². The normalized spacial score (nSPS) is 19.1. The summed E-state index contributed by atoms with van der Waals surface area (Å²) in [7, 11) is 0. The molecule has 5 rings (SSSR count). The van der Waals surface area contributed by atoms with Gasteiger partial charge in [0.15, 0.2) is 6.10 Å². The molecule has 2 amide bonds. The van der Waals surface area contributed by atoms with Crippen LogP contribution >= 0.6 is 45.7 Å². The quantitative estimate of drug-likeness (QED) is 0.169. The largest absolute Gasteiger partial charge is 0.448 e. The first-order valence-corrected chi connectivity index (χ1v) is 14.9. The van der Waals surface area contributed by atoms with E-state index in [4.69, 9.17) is 4.74 Å². The minimum atomic E-state index is -0.653. The zero-order valence-corrected chi connectivity index (χ0v) is 22.9. The molecule has 2 aromatic carbocycles. The highest BCUT2D eigenvalue weighted by Crippen LogP contribution is 2.42. The Balaban J connectivity index is 1.36. The molecule has 0 spiro atoms. The van der Waals surface area contributed by atoms with E-state index in [0.29, 0.717) is 15.9 Å². The van der Waals surface area contributed by atoms with Crippen molar-refractivity contribution in [1.29, 1.82) is 0 Å². The van der Waals surface area contributed by atoms with Crippen molar-refractivity contribution in [3.8, 4) is 0 Å². The average molecular weight is 631 g/mol. The van der Waals surface area contributed by atoms with Crippen LogP contribution in [0.5, 0.6) is 0 Å². The fraction of sp³-hybridized carbons (Fsp3) is 0.222. The molecule has 2 aliphatic heterocycles. The van der Waals surface area contributed by atoms with Crippen molar-refractivity contribution in [2.75, 3.05) is 10.2 Å². The first-order valence-electron chi connectivity index (χ1n) is 11.4. The Morgan fingerprint density at radius 3 is 2.28 bits per heavy atom. The number of benzene rings is 2. The van der Waals surface area contributed by atoms with Crippen LogP contribution in [-0.4, -0.2) is 44.3 Å². The van der Waals surface area contributed by atoms with E-state index in [0.717, 1.165) is 21.6 Å². The van der Waals surface area contributed by atoms with E-state index in [1.54, 1.807) is 11.8 Å². The molecule has 36 heavy (non-hydrogen) atoms. The standard InChI is InChI=1S/C27H23IN2O4S2/c28-15-19-16-36-26-22(29-21(31)14-20-12-7-13-35-20)25(32)30(26)23(19)27(33)34-24(17-8-3-1-4-9-17)18-10-5-2-6-11-18/h1-13,22,24,26H,14-16H2,(H,29,31)/t22-,26-/m1/s1. The Morgan fingerprint density at radius 1 is 1.03 bits per heavy atom. The number of halogens is 1. The molecule has 0 aliphatic carbocycles. The third-order valence-corrected chi connectivity index (χ3v) is 9.20. The zero-order chi connectivity index (χ0) is 25.1. The van der Waals surface area contributed by atoms with Gasteiger partial charge in [0.1, 0.15) is 17.1 Å². The number of thioether (sulfide) groups is 1. The minimum Gasteiger partial charge on any atom is -0.448 e. The molecule has 0 saturated carbocycles. The van der Waals surface area contributed by atoms with Crippen molar-refractivity contribution in [1.82, 2.24) is 10.2 Å². The summed E-state index contributed by atoms with van der Waals surface area (Å²) in [6.07, 6.45) is -0.369. The highest BCUT2D eigenvalue weighted by atomic mass is 127. The molecule has 2 atom stereocenters. The fourth-order valence-electron chi connectivity index (χ4n) is 4.32. The molecule has 6 nitrogen and oxygen atoms in total. The van der Waals surface area contributed by atoms with Crippen LogP contribution in [0.15, 0.2) is 89.4 Å². The molecule has 0 unspecified atom stereocenters. The maximum atomic E-state index is 13.6. The number of esters is 1. The van der Waals surface area contributed by atoms with Gasteiger partial charge in [-0.2, -0.15) is 0 Å². The third kappa shape index (κ3) is 5.09. The van der Waals surface area contributed by atoms with Crippen LogP contribution < -0.4 is 5.32 Å². The summed E-state index contributed by atoms with van der Waals surface area (Å²) in [4.78, 5) is 41.8. The Hall–Kier alpha value is -2.63. The van der Waals surface area contributed by atoms with Crippen LogP contribution in [0.2, 0.25) is 0 Å². The summed E-state index contributed by atoms with van der Waals surface area (Å²) < 4.78 is 6.69.